The quantitative estimate of drug-likeness (QED) is 0.882. The monoisotopic (exact) mass is 333 g/mol. The SMILES string of the molecule is O=c1[nH]cnc(Nc2ccc(Cl)cc2Br)c1Cl. The Morgan fingerprint density at radius 2 is 2.12 bits per heavy atom. The second kappa shape index (κ2) is 5.08. The molecule has 1 heterocycles. The molecule has 0 fully saturated rings. The van der Waals surface area contributed by atoms with Crippen molar-refractivity contribution in [1.29, 1.82) is 0 Å². The smallest absolute Gasteiger partial charge is 0.271 e. The third-order valence-corrected chi connectivity index (χ3v) is 3.22. The van der Waals surface area contributed by atoms with Crippen molar-refractivity contribution in [3.63, 3.8) is 0 Å². The highest BCUT2D eigenvalue weighted by atomic mass is 79.9. The van der Waals surface area contributed by atoms with Crippen LogP contribution in [0.2, 0.25) is 10.0 Å². The summed E-state index contributed by atoms with van der Waals surface area (Å²) in [6.45, 7) is 0. The predicted octanol–water partition coefficient (Wildman–Crippen LogP) is 3.58. The average Bonchev–Trinajstić information content (AvgIpc) is 2.28. The number of hydrogen-bond donors (Lipinski definition) is 2. The van der Waals surface area contributed by atoms with Crippen molar-refractivity contribution in [3.05, 3.63) is 49.4 Å². The number of H-pyrrole nitrogens is 1. The number of hydrogen-bond acceptors (Lipinski definition) is 3. The summed E-state index contributed by atoms with van der Waals surface area (Å²) in [5, 5.41) is 3.55. The van der Waals surface area contributed by atoms with Gasteiger partial charge in [-0.25, -0.2) is 4.98 Å². The molecule has 1 aromatic carbocycles. The van der Waals surface area contributed by atoms with Crippen LogP contribution in [0.3, 0.4) is 0 Å². The summed E-state index contributed by atoms with van der Waals surface area (Å²) < 4.78 is 0.753. The van der Waals surface area contributed by atoms with Crippen LogP contribution in [0.1, 0.15) is 0 Å². The van der Waals surface area contributed by atoms with Gasteiger partial charge in [-0.05, 0) is 34.1 Å². The van der Waals surface area contributed by atoms with E-state index < -0.39 is 5.56 Å². The van der Waals surface area contributed by atoms with Crippen LogP contribution >= 0.6 is 39.1 Å². The standard InChI is InChI=1S/C10H6BrCl2N3O/c11-6-3-5(12)1-2-7(6)16-9-8(13)10(17)15-4-14-9/h1-4H,(H2,14,15,16,17). The lowest BCUT2D eigenvalue weighted by atomic mass is 10.3. The summed E-state index contributed by atoms with van der Waals surface area (Å²) in [6.07, 6.45) is 1.28. The Morgan fingerprint density at radius 3 is 2.82 bits per heavy atom. The lowest BCUT2D eigenvalue weighted by Gasteiger charge is -2.08. The van der Waals surface area contributed by atoms with Crippen LogP contribution in [0.4, 0.5) is 11.5 Å². The number of aromatic nitrogens is 2. The number of anilines is 2. The van der Waals surface area contributed by atoms with Crippen molar-refractivity contribution in [1.82, 2.24) is 9.97 Å². The normalized spacial score (nSPS) is 10.3. The highest BCUT2D eigenvalue weighted by Crippen LogP contribution is 2.29. The molecule has 0 saturated heterocycles. The van der Waals surface area contributed by atoms with Gasteiger partial charge in [-0.1, -0.05) is 23.2 Å². The van der Waals surface area contributed by atoms with E-state index in [1.807, 2.05) is 0 Å². The Kier molecular flexibility index (Phi) is 3.71. The van der Waals surface area contributed by atoms with E-state index >= 15 is 0 Å². The summed E-state index contributed by atoms with van der Waals surface area (Å²) in [7, 11) is 0. The number of aromatic amines is 1. The molecule has 0 atom stereocenters. The predicted molar refractivity (Wildman–Crippen MR) is 72.3 cm³/mol. The van der Waals surface area contributed by atoms with Crippen molar-refractivity contribution in [3.8, 4) is 0 Å². The van der Waals surface area contributed by atoms with Crippen LogP contribution < -0.4 is 10.9 Å². The molecule has 0 saturated carbocycles. The van der Waals surface area contributed by atoms with Gasteiger partial charge < -0.3 is 10.3 Å². The molecule has 0 aliphatic rings. The molecule has 1 aromatic heterocycles. The highest BCUT2D eigenvalue weighted by Gasteiger charge is 2.08. The minimum Gasteiger partial charge on any atom is -0.338 e. The van der Waals surface area contributed by atoms with Gasteiger partial charge in [0.15, 0.2) is 5.82 Å². The maximum absolute atomic E-state index is 11.3. The van der Waals surface area contributed by atoms with Gasteiger partial charge in [0.2, 0.25) is 0 Å². The van der Waals surface area contributed by atoms with Crippen LogP contribution in [0.15, 0.2) is 33.8 Å². The molecule has 0 spiro atoms. The maximum atomic E-state index is 11.3. The fraction of sp³-hybridized carbons (Fsp3) is 0. The molecule has 0 amide bonds. The second-order valence-corrected chi connectivity index (χ2v) is 4.81. The summed E-state index contributed by atoms with van der Waals surface area (Å²) in [5.41, 5.74) is 0.323. The molecular formula is C10H6BrCl2N3O. The van der Waals surface area contributed by atoms with Crippen LogP contribution in [0, 0.1) is 0 Å². The summed E-state index contributed by atoms with van der Waals surface area (Å²) in [6, 6.07) is 5.20. The van der Waals surface area contributed by atoms with Crippen LogP contribution in [-0.4, -0.2) is 9.97 Å². The summed E-state index contributed by atoms with van der Waals surface area (Å²) in [5.74, 6) is 0.290. The molecule has 7 heteroatoms. The Morgan fingerprint density at radius 1 is 1.35 bits per heavy atom. The molecule has 17 heavy (non-hydrogen) atoms. The molecule has 88 valence electrons. The molecular weight excluding hydrogens is 329 g/mol. The Labute approximate surface area is 115 Å². The maximum Gasteiger partial charge on any atom is 0.271 e. The van der Waals surface area contributed by atoms with E-state index in [2.05, 4.69) is 31.2 Å². The first-order valence-electron chi connectivity index (χ1n) is 4.53. The van der Waals surface area contributed by atoms with E-state index in [1.165, 1.54) is 6.33 Å². The number of rotatable bonds is 2. The molecule has 2 rings (SSSR count). The van der Waals surface area contributed by atoms with Gasteiger partial charge in [0.1, 0.15) is 5.02 Å². The number of halogens is 3. The third-order valence-electron chi connectivity index (χ3n) is 1.98. The molecule has 0 unspecified atom stereocenters. The van der Waals surface area contributed by atoms with Crippen molar-refractivity contribution < 1.29 is 0 Å². The summed E-state index contributed by atoms with van der Waals surface area (Å²) in [4.78, 5) is 17.6. The van der Waals surface area contributed by atoms with Crippen LogP contribution in [-0.2, 0) is 0 Å². The number of nitrogens with zero attached hydrogens (tertiary/aromatic N) is 1. The second-order valence-electron chi connectivity index (χ2n) is 3.14. The van der Waals surface area contributed by atoms with E-state index in [0.717, 1.165) is 10.2 Å². The fourth-order valence-corrected chi connectivity index (χ4v) is 2.12. The Hall–Kier alpha value is -1.04. The van der Waals surface area contributed by atoms with Crippen molar-refractivity contribution in [2.75, 3.05) is 5.32 Å². The Balaban J connectivity index is 2.38. The first kappa shape index (κ1) is 12.4. The van der Waals surface area contributed by atoms with Gasteiger partial charge in [-0.15, -0.1) is 0 Å². The van der Waals surface area contributed by atoms with Crippen molar-refractivity contribution >= 4 is 50.6 Å². The zero-order chi connectivity index (χ0) is 12.4. The topological polar surface area (TPSA) is 57.8 Å². The highest BCUT2D eigenvalue weighted by molar-refractivity contribution is 9.10. The van der Waals surface area contributed by atoms with Crippen molar-refractivity contribution in [2.24, 2.45) is 0 Å². The van der Waals surface area contributed by atoms with Gasteiger partial charge in [-0.2, -0.15) is 0 Å². The molecule has 0 aliphatic heterocycles. The zero-order valence-corrected chi connectivity index (χ0v) is 11.4. The molecule has 2 N–H and O–H groups in total. The summed E-state index contributed by atoms with van der Waals surface area (Å²) >= 11 is 15.0. The lowest BCUT2D eigenvalue weighted by Crippen LogP contribution is -2.09. The largest absolute Gasteiger partial charge is 0.338 e. The lowest BCUT2D eigenvalue weighted by molar-refractivity contribution is 1.12. The van der Waals surface area contributed by atoms with E-state index in [-0.39, 0.29) is 5.02 Å². The molecule has 0 radical (unpaired) electrons. The number of nitrogens with one attached hydrogen (secondary N) is 2. The number of benzene rings is 1. The van der Waals surface area contributed by atoms with Gasteiger partial charge >= 0.3 is 0 Å². The van der Waals surface area contributed by atoms with Crippen molar-refractivity contribution in [2.45, 2.75) is 0 Å². The van der Waals surface area contributed by atoms with Gasteiger partial charge in [0.25, 0.3) is 5.56 Å². The molecule has 2 aromatic rings. The van der Waals surface area contributed by atoms with E-state index in [4.69, 9.17) is 23.2 Å². The minimum atomic E-state index is -0.394. The Bertz CT molecular complexity index is 615. The first-order chi connectivity index (χ1) is 8.08. The van der Waals surface area contributed by atoms with Gasteiger partial charge in [0, 0.05) is 9.50 Å². The van der Waals surface area contributed by atoms with Crippen LogP contribution in [0.5, 0.6) is 0 Å². The van der Waals surface area contributed by atoms with Gasteiger partial charge in [-0.3, -0.25) is 4.79 Å². The van der Waals surface area contributed by atoms with Crippen LogP contribution in [0.25, 0.3) is 0 Å². The van der Waals surface area contributed by atoms with Gasteiger partial charge in [0.05, 0.1) is 12.0 Å². The zero-order valence-electron chi connectivity index (χ0n) is 8.30. The third kappa shape index (κ3) is 2.80. The van der Waals surface area contributed by atoms with E-state index in [0.29, 0.717) is 10.8 Å². The first-order valence-corrected chi connectivity index (χ1v) is 6.08. The molecule has 4 nitrogen and oxygen atoms in total. The van der Waals surface area contributed by atoms with E-state index in [1.54, 1.807) is 18.2 Å². The molecule has 0 bridgehead atoms. The molecule has 0 aliphatic carbocycles. The van der Waals surface area contributed by atoms with E-state index in [9.17, 15) is 4.79 Å². The average molecular weight is 335 g/mol. The minimum absolute atomic E-state index is 0.00866. The fourth-order valence-electron chi connectivity index (χ4n) is 1.19.